The first kappa shape index (κ1) is 11.8. The largest absolute Gasteiger partial charge is 0.257 e. The molecule has 1 heterocycles. The molecule has 0 N–H and O–H groups in total. The Morgan fingerprint density at radius 3 is 2.06 bits per heavy atom. The van der Waals surface area contributed by atoms with Crippen LogP contribution in [-0.4, -0.2) is 4.98 Å². The molecule has 0 aliphatic carbocycles. The highest BCUT2D eigenvalue weighted by Crippen LogP contribution is 2.26. The summed E-state index contributed by atoms with van der Waals surface area (Å²) in [6.07, 6.45) is 0. The van der Waals surface area contributed by atoms with Gasteiger partial charge in [-0.1, -0.05) is 57.2 Å². The van der Waals surface area contributed by atoms with E-state index in [-0.39, 0.29) is 5.41 Å². The van der Waals surface area contributed by atoms with E-state index in [4.69, 9.17) is 4.98 Å². The van der Waals surface area contributed by atoms with Crippen LogP contribution in [0.1, 0.15) is 32.2 Å². The lowest BCUT2D eigenvalue weighted by atomic mass is 9.90. The lowest BCUT2D eigenvalue weighted by molar-refractivity contribution is 0.567. The van der Waals surface area contributed by atoms with Crippen LogP contribution in [0, 0.1) is 6.92 Å². The zero-order chi connectivity index (χ0) is 12.5. The van der Waals surface area contributed by atoms with E-state index in [1.807, 2.05) is 6.07 Å². The molecule has 0 aliphatic rings. The Morgan fingerprint density at radius 2 is 1.53 bits per heavy atom. The summed E-state index contributed by atoms with van der Waals surface area (Å²) >= 11 is 0. The fourth-order valence-corrected chi connectivity index (χ4v) is 1.90. The highest BCUT2D eigenvalue weighted by molar-refractivity contribution is 5.65. The van der Waals surface area contributed by atoms with Gasteiger partial charge in [0.15, 0.2) is 0 Å². The Bertz CT molecular complexity index is 507. The molecule has 0 saturated heterocycles. The predicted octanol–water partition coefficient (Wildman–Crippen LogP) is 4.35. The normalized spacial score (nSPS) is 11.5. The van der Waals surface area contributed by atoms with Crippen molar-refractivity contribution in [2.45, 2.75) is 33.1 Å². The van der Waals surface area contributed by atoms with Crippen molar-refractivity contribution in [1.82, 2.24) is 4.98 Å². The summed E-state index contributed by atoms with van der Waals surface area (Å²) in [5, 5.41) is 0. The van der Waals surface area contributed by atoms with E-state index in [1.54, 1.807) is 0 Å². The van der Waals surface area contributed by atoms with Crippen LogP contribution in [0.3, 0.4) is 0 Å². The van der Waals surface area contributed by atoms with E-state index in [1.165, 1.54) is 11.1 Å². The van der Waals surface area contributed by atoms with E-state index >= 15 is 0 Å². The molecule has 1 nitrogen and oxygen atoms in total. The molecule has 0 fully saturated rings. The molecule has 0 saturated carbocycles. The number of hydrogen-bond acceptors (Lipinski definition) is 1. The van der Waals surface area contributed by atoms with Crippen molar-refractivity contribution in [3.8, 4) is 11.1 Å². The van der Waals surface area contributed by atoms with Gasteiger partial charge in [-0.05, 0) is 18.6 Å². The van der Waals surface area contributed by atoms with E-state index in [9.17, 15) is 0 Å². The Balaban J connectivity index is 2.46. The smallest absolute Gasteiger partial charge is 0.0460 e. The molecular weight excluding hydrogens is 206 g/mol. The average molecular weight is 225 g/mol. The molecule has 0 amide bonds. The van der Waals surface area contributed by atoms with E-state index < -0.39 is 0 Å². The lowest BCUT2D eigenvalue weighted by Crippen LogP contribution is -2.14. The molecule has 17 heavy (non-hydrogen) atoms. The van der Waals surface area contributed by atoms with Crippen LogP contribution in [0.25, 0.3) is 11.1 Å². The standard InChI is InChI=1S/C16H19N/c1-12-14(13-8-6-5-7-9-13)10-11-15(17-12)16(2,3)4/h5-11H,1-4H3. The molecule has 0 unspecified atom stereocenters. The summed E-state index contributed by atoms with van der Waals surface area (Å²) < 4.78 is 0. The molecule has 1 aromatic heterocycles. The summed E-state index contributed by atoms with van der Waals surface area (Å²) in [5.74, 6) is 0. The Morgan fingerprint density at radius 1 is 0.882 bits per heavy atom. The van der Waals surface area contributed by atoms with Gasteiger partial charge in [-0.3, -0.25) is 4.98 Å². The van der Waals surface area contributed by atoms with Crippen LogP contribution in [0.2, 0.25) is 0 Å². The maximum atomic E-state index is 4.72. The zero-order valence-corrected chi connectivity index (χ0v) is 11.0. The third-order valence-corrected chi connectivity index (χ3v) is 2.94. The molecule has 0 aliphatic heterocycles. The summed E-state index contributed by atoms with van der Waals surface area (Å²) in [7, 11) is 0. The van der Waals surface area contributed by atoms with Gasteiger partial charge in [0.2, 0.25) is 0 Å². The van der Waals surface area contributed by atoms with Crippen molar-refractivity contribution < 1.29 is 0 Å². The second-order valence-electron chi connectivity index (χ2n) is 5.45. The molecule has 88 valence electrons. The van der Waals surface area contributed by atoms with Crippen molar-refractivity contribution in [2.75, 3.05) is 0 Å². The Kier molecular flexibility index (Phi) is 3.01. The number of pyridine rings is 1. The quantitative estimate of drug-likeness (QED) is 0.703. The SMILES string of the molecule is Cc1nc(C(C)(C)C)ccc1-c1ccccc1. The maximum absolute atomic E-state index is 4.72. The first-order chi connectivity index (χ1) is 7.98. The monoisotopic (exact) mass is 225 g/mol. The third-order valence-electron chi connectivity index (χ3n) is 2.94. The molecule has 2 rings (SSSR count). The van der Waals surface area contributed by atoms with Crippen molar-refractivity contribution in [3.63, 3.8) is 0 Å². The number of rotatable bonds is 1. The number of nitrogens with zero attached hydrogens (tertiary/aromatic N) is 1. The summed E-state index contributed by atoms with van der Waals surface area (Å²) in [6, 6.07) is 14.7. The van der Waals surface area contributed by atoms with Gasteiger partial charge in [0, 0.05) is 22.4 Å². The highest BCUT2D eigenvalue weighted by atomic mass is 14.7. The van der Waals surface area contributed by atoms with E-state index in [0.717, 1.165) is 11.4 Å². The van der Waals surface area contributed by atoms with Crippen molar-refractivity contribution in [3.05, 3.63) is 53.9 Å². The molecule has 1 heteroatoms. The van der Waals surface area contributed by atoms with Gasteiger partial charge < -0.3 is 0 Å². The molecule has 0 spiro atoms. The van der Waals surface area contributed by atoms with Gasteiger partial charge in [0.05, 0.1) is 0 Å². The van der Waals surface area contributed by atoms with Gasteiger partial charge in [0.1, 0.15) is 0 Å². The molecule has 0 radical (unpaired) electrons. The van der Waals surface area contributed by atoms with Crippen LogP contribution in [0.5, 0.6) is 0 Å². The van der Waals surface area contributed by atoms with Gasteiger partial charge in [-0.15, -0.1) is 0 Å². The second kappa shape index (κ2) is 4.33. The first-order valence-electron chi connectivity index (χ1n) is 6.02. The van der Waals surface area contributed by atoms with Crippen molar-refractivity contribution in [1.29, 1.82) is 0 Å². The molecule has 2 aromatic rings. The van der Waals surface area contributed by atoms with Gasteiger partial charge >= 0.3 is 0 Å². The maximum Gasteiger partial charge on any atom is 0.0460 e. The minimum atomic E-state index is 0.111. The van der Waals surface area contributed by atoms with Gasteiger partial charge in [-0.2, -0.15) is 0 Å². The molecule has 0 bridgehead atoms. The number of aromatic nitrogens is 1. The molecule has 1 aromatic carbocycles. The highest BCUT2D eigenvalue weighted by Gasteiger charge is 2.16. The predicted molar refractivity (Wildman–Crippen MR) is 73.1 cm³/mol. The van der Waals surface area contributed by atoms with Crippen LogP contribution in [0.15, 0.2) is 42.5 Å². The third kappa shape index (κ3) is 2.55. The fourth-order valence-electron chi connectivity index (χ4n) is 1.90. The van der Waals surface area contributed by atoms with Gasteiger partial charge in [0.25, 0.3) is 0 Å². The van der Waals surface area contributed by atoms with E-state index in [0.29, 0.717) is 0 Å². The minimum absolute atomic E-state index is 0.111. The number of aryl methyl sites for hydroxylation is 1. The van der Waals surface area contributed by atoms with Crippen LogP contribution in [0.4, 0.5) is 0 Å². The summed E-state index contributed by atoms with van der Waals surface area (Å²) in [5.41, 5.74) is 4.81. The van der Waals surface area contributed by atoms with Crippen LogP contribution in [-0.2, 0) is 5.41 Å². The average Bonchev–Trinajstić information content (AvgIpc) is 2.29. The fraction of sp³-hybridized carbons (Fsp3) is 0.312. The summed E-state index contributed by atoms with van der Waals surface area (Å²) in [4.78, 5) is 4.72. The Labute approximate surface area is 104 Å². The second-order valence-corrected chi connectivity index (χ2v) is 5.45. The minimum Gasteiger partial charge on any atom is -0.257 e. The van der Waals surface area contributed by atoms with Crippen molar-refractivity contribution >= 4 is 0 Å². The zero-order valence-electron chi connectivity index (χ0n) is 11.0. The van der Waals surface area contributed by atoms with E-state index in [2.05, 4.69) is 64.1 Å². The van der Waals surface area contributed by atoms with Crippen LogP contribution < -0.4 is 0 Å². The molecular formula is C16H19N. The Hall–Kier alpha value is -1.63. The molecule has 0 atom stereocenters. The van der Waals surface area contributed by atoms with Gasteiger partial charge in [-0.25, -0.2) is 0 Å². The van der Waals surface area contributed by atoms with Crippen molar-refractivity contribution in [2.24, 2.45) is 0 Å². The van der Waals surface area contributed by atoms with Crippen LogP contribution >= 0.6 is 0 Å². The first-order valence-corrected chi connectivity index (χ1v) is 6.02. The lowest BCUT2D eigenvalue weighted by Gasteiger charge is -2.19. The summed E-state index contributed by atoms with van der Waals surface area (Å²) in [6.45, 7) is 8.66. The number of benzene rings is 1. The number of hydrogen-bond donors (Lipinski definition) is 0. The topological polar surface area (TPSA) is 12.9 Å².